The van der Waals surface area contributed by atoms with Crippen LogP contribution in [0.5, 0.6) is 5.75 Å². The molecule has 0 spiro atoms. The van der Waals surface area contributed by atoms with Crippen molar-refractivity contribution in [2.45, 2.75) is 6.54 Å². The molecule has 0 aliphatic rings. The molecule has 2 N–H and O–H groups in total. The summed E-state index contributed by atoms with van der Waals surface area (Å²) >= 11 is 0. The van der Waals surface area contributed by atoms with Crippen molar-refractivity contribution in [3.8, 4) is 16.9 Å². The van der Waals surface area contributed by atoms with Gasteiger partial charge in [-0.25, -0.2) is 0 Å². The van der Waals surface area contributed by atoms with Gasteiger partial charge >= 0.3 is 0 Å². The quantitative estimate of drug-likeness (QED) is 0.423. The number of benzene rings is 4. The average molecular weight is 394 g/mol. The van der Waals surface area contributed by atoms with Crippen molar-refractivity contribution in [2.24, 2.45) is 0 Å². The molecule has 4 heteroatoms. The standard InChI is InChI=1S/C26H22N2O2/c27-16-22-13-14-25(24-12-5-4-11-23(22)24)30-18-26(29)28-17-19-7-6-10-21(15-19)20-8-2-1-3-9-20/h1-16,27H,17-18H2,(H,28,29). The highest BCUT2D eigenvalue weighted by Crippen LogP contribution is 2.27. The van der Waals surface area contributed by atoms with Crippen LogP contribution in [0.1, 0.15) is 11.1 Å². The van der Waals surface area contributed by atoms with Crippen LogP contribution in [0.25, 0.3) is 21.9 Å². The molecule has 0 atom stereocenters. The third-order valence-corrected chi connectivity index (χ3v) is 4.96. The Labute approximate surface area is 175 Å². The monoisotopic (exact) mass is 394 g/mol. The molecule has 0 heterocycles. The highest BCUT2D eigenvalue weighted by Gasteiger charge is 2.08. The Balaban J connectivity index is 1.39. The number of fused-ring (bicyclic) bond motifs is 1. The maximum Gasteiger partial charge on any atom is 0.258 e. The number of nitrogens with one attached hydrogen (secondary N) is 2. The van der Waals surface area contributed by atoms with Gasteiger partial charge in [0.1, 0.15) is 5.75 Å². The van der Waals surface area contributed by atoms with Crippen LogP contribution in [0.4, 0.5) is 0 Å². The van der Waals surface area contributed by atoms with E-state index >= 15 is 0 Å². The van der Waals surface area contributed by atoms with Crippen LogP contribution in [0.15, 0.2) is 91.0 Å². The second-order valence-corrected chi connectivity index (χ2v) is 6.97. The van der Waals surface area contributed by atoms with Gasteiger partial charge in [0.15, 0.2) is 6.61 Å². The summed E-state index contributed by atoms with van der Waals surface area (Å²) < 4.78 is 5.77. The molecule has 0 aromatic heterocycles. The van der Waals surface area contributed by atoms with E-state index < -0.39 is 0 Å². The first-order valence-electron chi connectivity index (χ1n) is 9.81. The Bertz CT molecular complexity index is 1190. The van der Waals surface area contributed by atoms with Gasteiger partial charge in [-0.05, 0) is 40.3 Å². The van der Waals surface area contributed by atoms with Crippen molar-refractivity contribution in [2.75, 3.05) is 6.61 Å². The molecule has 30 heavy (non-hydrogen) atoms. The zero-order valence-electron chi connectivity index (χ0n) is 16.5. The lowest BCUT2D eigenvalue weighted by molar-refractivity contribution is -0.123. The normalized spacial score (nSPS) is 10.5. The van der Waals surface area contributed by atoms with E-state index in [2.05, 4.69) is 29.6 Å². The minimum atomic E-state index is -0.180. The van der Waals surface area contributed by atoms with Crippen LogP contribution in [-0.4, -0.2) is 18.7 Å². The number of carbonyl (C=O) groups excluding carboxylic acids is 1. The van der Waals surface area contributed by atoms with Gasteiger partial charge in [-0.3, -0.25) is 4.79 Å². The topological polar surface area (TPSA) is 62.2 Å². The molecular formula is C26H22N2O2. The number of hydrogen-bond donors (Lipinski definition) is 2. The Morgan fingerprint density at radius 3 is 2.37 bits per heavy atom. The van der Waals surface area contributed by atoms with Crippen LogP contribution in [-0.2, 0) is 11.3 Å². The summed E-state index contributed by atoms with van der Waals surface area (Å²) in [5.74, 6) is 0.456. The Morgan fingerprint density at radius 1 is 0.833 bits per heavy atom. The van der Waals surface area contributed by atoms with Crippen molar-refractivity contribution >= 4 is 22.9 Å². The summed E-state index contributed by atoms with van der Waals surface area (Å²) in [6.45, 7) is 0.378. The minimum Gasteiger partial charge on any atom is -0.483 e. The second kappa shape index (κ2) is 9.05. The van der Waals surface area contributed by atoms with E-state index in [0.29, 0.717) is 12.3 Å². The first-order valence-corrected chi connectivity index (χ1v) is 9.81. The molecular weight excluding hydrogens is 372 g/mol. The predicted molar refractivity (Wildman–Crippen MR) is 121 cm³/mol. The third-order valence-electron chi connectivity index (χ3n) is 4.96. The molecule has 148 valence electrons. The van der Waals surface area contributed by atoms with E-state index in [9.17, 15) is 4.79 Å². The zero-order chi connectivity index (χ0) is 20.8. The first-order chi connectivity index (χ1) is 14.7. The lowest BCUT2D eigenvalue weighted by atomic mass is 10.0. The van der Waals surface area contributed by atoms with Crippen LogP contribution in [0.2, 0.25) is 0 Å². The molecule has 0 unspecified atom stereocenters. The summed E-state index contributed by atoms with van der Waals surface area (Å²) in [6, 6.07) is 29.7. The van der Waals surface area contributed by atoms with Crippen LogP contribution in [0, 0.1) is 5.41 Å². The molecule has 0 fully saturated rings. The molecule has 0 bridgehead atoms. The Hall–Kier alpha value is -3.92. The van der Waals surface area contributed by atoms with Gasteiger partial charge in [-0.15, -0.1) is 0 Å². The van der Waals surface area contributed by atoms with E-state index in [0.717, 1.165) is 33.0 Å². The van der Waals surface area contributed by atoms with E-state index in [1.807, 2.05) is 60.7 Å². The van der Waals surface area contributed by atoms with Gasteiger partial charge in [0.05, 0.1) is 0 Å². The summed E-state index contributed by atoms with van der Waals surface area (Å²) in [5, 5.41) is 12.3. The third kappa shape index (κ3) is 4.39. The fraction of sp³-hybridized carbons (Fsp3) is 0.0769. The Kier molecular flexibility index (Phi) is 5.85. The summed E-state index contributed by atoms with van der Waals surface area (Å²) in [5.41, 5.74) is 4.12. The van der Waals surface area contributed by atoms with Crippen molar-refractivity contribution in [3.05, 3.63) is 102 Å². The molecule has 0 saturated heterocycles. The molecule has 4 rings (SSSR count). The maximum absolute atomic E-state index is 12.3. The van der Waals surface area contributed by atoms with Gasteiger partial charge < -0.3 is 15.5 Å². The summed E-state index contributed by atoms with van der Waals surface area (Å²) in [7, 11) is 0. The number of hydrogen-bond acceptors (Lipinski definition) is 3. The SMILES string of the molecule is N=Cc1ccc(OCC(=O)NCc2cccc(-c3ccccc3)c2)c2ccccc12. The van der Waals surface area contributed by atoms with Crippen molar-refractivity contribution < 1.29 is 9.53 Å². The zero-order valence-corrected chi connectivity index (χ0v) is 16.5. The number of ether oxygens (including phenoxy) is 1. The lowest BCUT2D eigenvalue weighted by Gasteiger charge is -2.11. The van der Waals surface area contributed by atoms with Gasteiger partial charge in [-0.1, -0.05) is 72.8 Å². The molecule has 1 amide bonds. The highest BCUT2D eigenvalue weighted by molar-refractivity contribution is 6.01. The smallest absolute Gasteiger partial charge is 0.258 e. The van der Waals surface area contributed by atoms with Gasteiger partial charge in [0, 0.05) is 23.7 Å². The number of amides is 1. The van der Waals surface area contributed by atoms with Crippen molar-refractivity contribution in [1.82, 2.24) is 5.32 Å². The molecule has 4 aromatic rings. The largest absolute Gasteiger partial charge is 0.483 e. The second-order valence-electron chi connectivity index (χ2n) is 6.97. The Morgan fingerprint density at radius 2 is 1.57 bits per heavy atom. The van der Waals surface area contributed by atoms with Gasteiger partial charge in [-0.2, -0.15) is 0 Å². The fourth-order valence-electron chi connectivity index (χ4n) is 3.43. The maximum atomic E-state index is 12.3. The summed E-state index contributed by atoms with van der Waals surface area (Å²) in [4.78, 5) is 12.3. The molecule has 0 aliphatic carbocycles. The van der Waals surface area contributed by atoms with Gasteiger partial charge in [0.2, 0.25) is 0 Å². The van der Waals surface area contributed by atoms with E-state index in [1.165, 1.54) is 6.21 Å². The van der Waals surface area contributed by atoms with Crippen LogP contribution in [0.3, 0.4) is 0 Å². The molecule has 0 aliphatic heterocycles. The lowest BCUT2D eigenvalue weighted by Crippen LogP contribution is -2.28. The van der Waals surface area contributed by atoms with Crippen LogP contribution >= 0.6 is 0 Å². The van der Waals surface area contributed by atoms with Gasteiger partial charge in [0.25, 0.3) is 5.91 Å². The molecule has 4 aromatic carbocycles. The van der Waals surface area contributed by atoms with Crippen molar-refractivity contribution in [3.63, 3.8) is 0 Å². The molecule has 0 radical (unpaired) electrons. The predicted octanol–water partition coefficient (Wildman–Crippen LogP) is 5.20. The summed E-state index contributed by atoms with van der Waals surface area (Å²) in [6.07, 6.45) is 1.32. The highest BCUT2D eigenvalue weighted by atomic mass is 16.5. The fourth-order valence-corrected chi connectivity index (χ4v) is 3.43. The van der Waals surface area contributed by atoms with E-state index in [1.54, 1.807) is 6.07 Å². The first kappa shape index (κ1) is 19.4. The number of carbonyl (C=O) groups is 1. The van der Waals surface area contributed by atoms with Crippen molar-refractivity contribution in [1.29, 1.82) is 5.41 Å². The van der Waals surface area contributed by atoms with E-state index in [4.69, 9.17) is 10.1 Å². The average Bonchev–Trinajstić information content (AvgIpc) is 2.82. The minimum absolute atomic E-state index is 0.0632. The van der Waals surface area contributed by atoms with Crippen LogP contribution < -0.4 is 10.1 Å². The molecule has 0 saturated carbocycles. The van der Waals surface area contributed by atoms with E-state index in [-0.39, 0.29) is 12.5 Å². The number of rotatable bonds is 7. The molecule has 4 nitrogen and oxygen atoms in total.